The number of hydrogen-bond acceptors (Lipinski definition) is 4. The number of nitrogens with one attached hydrogen (secondary N) is 1. The van der Waals surface area contributed by atoms with Crippen LogP contribution in [0.25, 0.3) is 0 Å². The molecule has 0 aliphatic rings. The van der Waals surface area contributed by atoms with Crippen LogP contribution in [0, 0.1) is 5.92 Å². The van der Waals surface area contributed by atoms with Gasteiger partial charge in [0.2, 0.25) is 0 Å². The van der Waals surface area contributed by atoms with Crippen molar-refractivity contribution < 1.29 is 14.3 Å². The van der Waals surface area contributed by atoms with Crippen LogP contribution in [0.4, 0.5) is 0 Å². The molecule has 6 heteroatoms. The van der Waals surface area contributed by atoms with E-state index in [0.717, 1.165) is 4.88 Å². The second kappa shape index (κ2) is 7.84. The summed E-state index contributed by atoms with van der Waals surface area (Å²) in [6, 6.07) is 7.41. The first kappa shape index (κ1) is 17.8. The van der Waals surface area contributed by atoms with E-state index in [1.807, 2.05) is 17.5 Å². The normalized spacial score (nSPS) is 12.1. The van der Waals surface area contributed by atoms with Crippen LogP contribution in [0.3, 0.4) is 0 Å². The number of benzene rings is 1. The molecular weight excluding hydrogens is 378 g/mol. The molecule has 1 aromatic carbocycles. The van der Waals surface area contributed by atoms with Crippen molar-refractivity contribution in [1.82, 2.24) is 5.32 Å². The zero-order valence-corrected chi connectivity index (χ0v) is 16.0. The Morgan fingerprint density at radius 2 is 1.83 bits per heavy atom. The van der Waals surface area contributed by atoms with Crippen molar-refractivity contribution in [2.45, 2.75) is 19.9 Å². The lowest BCUT2D eigenvalue weighted by Crippen LogP contribution is -2.31. The maximum atomic E-state index is 12.7. The molecule has 0 spiro atoms. The van der Waals surface area contributed by atoms with E-state index in [4.69, 9.17) is 9.47 Å². The van der Waals surface area contributed by atoms with Crippen molar-refractivity contribution in [1.29, 1.82) is 0 Å². The van der Waals surface area contributed by atoms with Crippen LogP contribution in [0.5, 0.6) is 11.5 Å². The summed E-state index contributed by atoms with van der Waals surface area (Å²) < 4.78 is 11.3. The fraction of sp³-hybridized carbons (Fsp3) is 0.353. The molecule has 0 aliphatic heterocycles. The number of methoxy groups -OCH3 is 2. The summed E-state index contributed by atoms with van der Waals surface area (Å²) >= 11 is 5.05. The second-order valence-electron chi connectivity index (χ2n) is 5.41. The van der Waals surface area contributed by atoms with Gasteiger partial charge >= 0.3 is 0 Å². The Labute approximate surface area is 148 Å². The van der Waals surface area contributed by atoms with E-state index < -0.39 is 0 Å². The van der Waals surface area contributed by atoms with Crippen LogP contribution in [0.1, 0.15) is 35.1 Å². The average Bonchev–Trinajstić information content (AvgIpc) is 3.06. The number of hydrogen-bond donors (Lipinski definition) is 1. The molecule has 1 aromatic heterocycles. The van der Waals surface area contributed by atoms with E-state index in [0.29, 0.717) is 21.5 Å². The molecule has 0 bridgehead atoms. The highest BCUT2D eigenvalue weighted by Gasteiger charge is 2.21. The van der Waals surface area contributed by atoms with E-state index in [2.05, 4.69) is 35.1 Å². The third-order valence-corrected chi connectivity index (χ3v) is 5.25. The molecule has 0 aliphatic carbocycles. The van der Waals surface area contributed by atoms with Crippen LogP contribution < -0.4 is 14.8 Å². The molecule has 0 radical (unpaired) electrons. The topological polar surface area (TPSA) is 47.6 Å². The molecule has 1 heterocycles. The SMILES string of the molecule is COc1cc(C(=O)N[C@@H](c2cccs2)C(C)C)cc(OC)c1Br. The third kappa shape index (κ3) is 4.06. The van der Waals surface area contributed by atoms with Crippen molar-refractivity contribution in [3.8, 4) is 11.5 Å². The Kier molecular flexibility index (Phi) is 6.07. The van der Waals surface area contributed by atoms with Gasteiger partial charge in [-0.15, -0.1) is 11.3 Å². The van der Waals surface area contributed by atoms with E-state index in [9.17, 15) is 4.79 Å². The van der Waals surface area contributed by atoms with Gasteiger partial charge in [0, 0.05) is 10.4 Å². The molecule has 0 saturated heterocycles. The predicted octanol–water partition coefficient (Wildman–Crippen LogP) is 4.65. The van der Waals surface area contributed by atoms with Crippen molar-refractivity contribution in [2.24, 2.45) is 5.92 Å². The minimum absolute atomic E-state index is 0.0249. The number of carbonyl (C=O) groups excluding carboxylic acids is 1. The van der Waals surface area contributed by atoms with Crippen molar-refractivity contribution in [2.75, 3.05) is 14.2 Å². The maximum absolute atomic E-state index is 12.7. The first-order valence-corrected chi connectivity index (χ1v) is 8.91. The second-order valence-corrected chi connectivity index (χ2v) is 7.18. The average molecular weight is 398 g/mol. The van der Waals surface area contributed by atoms with Crippen LogP contribution in [-0.2, 0) is 0 Å². The molecule has 124 valence electrons. The molecule has 0 unspecified atom stereocenters. The highest BCUT2D eigenvalue weighted by Crippen LogP contribution is 2.36. The lowest BCUT2D eigenvalue weighted by molar-refractivity contribution is 0.0926. The van der Waals surface area contributed by atoms with E-state index in [-0.39, 0.29) is 17.9 Å². The van der Waals surface area contributed by atoms with Gasteiger partial charge in [0.15, 0.2) is 0 Å². The molecule has 2 rings (SSSR count). The summed E-state index contributed by atoms with van der Waals surface area (Å²) in [5, 5.41) is 5.12. The number of halogens is 1. The van der Waals surface area contributed by atoms with Gasteiger partial charge < -0.3 is 14.8 Å². The van der Waals surface area contributed by atoms with Gasteiger partial charge in [0.25, 0.3) is 5.91 Å². The van der Waals surface area contributed by atoms with Crippen molar-refractivity contribution in [3.05, 3.63) is 44.6 Å². The Hall–Kier alpha value is -1.53. The largest absolute Gasteiger partial charge is 0.495 e. The Morgan fingerprint density at radius 3 is 2.26 bits per heavy atom. The highest BCUT2D eigenvalue weighted by molar-refractivity contribution is 9.10. The maximum Gasteiger partial charge on any atom is 0.252 e. The molecule has 2 aromatic rings. The standard InChI is InChI=1S/C17H20BrNO3S/c1-10(2)16(14-6-5-7-23-14)19-17(20)11-8-12(21-3)15(18)13(9-11)22-4/h5-10,16H,1-4H3,(H,19,20)/t16-/m1/s1. The lowest BCUT2D eigenvalue weighted by Gasteiger charge is -2.21. The molecule has 1 N–H and O–H groups in total. The predicted molar refractivity (Wildman–Crippen MR) is 96.6 cm³/mol. The Morgan fingerprint density at radius 1 is 1.22 bits per heavy atom. The monoisotopic (exact) mass is 397 g/mol. The molecule has 0 fully saturated rings. The molecule has 0 saturated carbocycles. The van der Waals surface area contributed by atoms with Crippen LogP contribution >= 0.6 is 27.3 Å². The van der Waals surface area contributed by atoms with E-state index in [1.165, 1.54) is 0 Å². The molecular formula is C17H20BrNO3S. The smallest absolute Gasteiger partial charge is 0.252 e. The van der Waals surface area contributed by atoms with Gasteiger partial charge in [0.05, 0.1) is 20.3 Å². The van der Waals surface area contributed by atoms with Crippen molar-refractivity contribution >= 4 is 33.2 Å². The van der Waals surface area contributed by atoms with Crippen molar-refractivity contribution in [3.63, 3.8) is 0 Å². The zero-order chi connectivity index (χ0) is 17.0. The minimum Gasteiger partial charge on any atom is -0.495 e. The van der Waals surface area contributed by atoms with Gasteiger partial charge in [-0.25, -0.2) is 0 Å². The Bertz CT molecular complexity index is 645. The summed E-state index contributed by atoms with van der Waals surface area (Å²) in [5.41, 5.74) is 0.504. The first-order valence-electron chi connectivity index (χ1n) is 7.23. The Balaban J connectivity index is 2.29. The van der Waals surface area contributed by atoms with Gasteiger partial charge in [-0.1, -0.05) is 19.9 Å². The van der Waals surface area contributed by atoms with E-state index >= 15 is 0 Å². The molecule has 1 atom stereocenters. The van der Waals surface area contributed by atoms with Gasteiger partial charge in [-0.3, -0.25) is 4.79 Å². The molecule has 1 amide bonds. The summed E-state index contributed by atoms with van der Waals surface area (Å²) in [6.07, 6.45) is 0. The van der Waals surface area contributed by atoms with Crippen LogP contribution in [0.15, 0.2) is 34.1 Å². The first-order chi connectivity index (χ1) is 11.0. The van der Waals surface area contributed by atoms with Gasteiger partial charge in [-0.2, -0.15) is 0 Å². The number of thiophene rings is 1. The van der Waals surface area contributed by atoms with Crippen LogP contribution in [0.2, 0.25) is 0 Å². The summed E-state index contributed by atoms with van der Waals surface area (Å²) in [7, 11) is 3.12. The number of amides is 1. The number of ether oxygens (including phenoxy) is 2. The van der Waals surface area contributed by atoms with Gasteiger partial charge in [0.1, 0.15) is 16.0 Å². The van der Waals surface area contributed by atoms with Gasteiger partial charge in [-0.05, 0) is 45.4 Å². The molecule has 23 heavy (non-hydrogen) atoms. The highest BCUT2D eigenvalue weighted by atomic mass is 79.9. The summed E-state index contributed by atoms with van der Waals surface area (Å²) in [6.45, 7) is 4.18. The van der Waals surface area contributed by atoms with E-state index in [1.54, 1.807) is 37.7 Å². The quantitative estimate of drug-likeness (QED) is 0.770. The number of carbonyl (C=O) groups is 1. The lowest BCUT2D eigenvalue weighted by atomic mass is 10.0. The fourth-order valence-electron chi connectivity index (χ4n) is 2.26. The molecule has 4 nitrogen and oxygen atoms in total. The summed E-state index contributed by atoms with van der Waals surface area (Å²) in [4.78, 5) is 13.8. The zero-order valence-electron chi connectivity index (χ0n) is 13.6. The summed E-state index contributed by atoms with van der Waals surface area (Å²) in [5.74, 6) is 1.26. The fourth-order valence-corrected chi connectivity index (χ4v) is 3.76. The third-order valence-electron chi connectivity index (χ3n) is 3.51. The number of rotatable bonds is 6. The minimum atomic E-state index is -0.152. The van der Waals surface area contributed by atoms with Crippen LogP contribution in [-0.4, -0.2) is 20.1 Å².